The molecule has 1 unspecified atom stereocenters. The molecule has 64 valence electrons. The molecule has 0 bridgehead atoms. The smallest absolute Gasteiger partial charge is 0.0448 e. The van der Waals surface area contributed by atoms with Crippen LogP contribution in [0.1, 0.15) is 33.1 Å². The number of allylic oxidation sites excluding steroid dienone is 1. The molecule has 0 aliphatic carbocycles. The second-order valence-electron chi connectivity index (χ2n) is 2.98. The van der Waals surface area contributed by atoms with E-state index in [0.29, 0.717) is 5.92 Å². The van der Waals surface area contributed by atoms with Gasteiger partial charge in [-0.2, -0.15) is 0 Å². The predicted molar refractivity (Wildman–Crippen MR) is 50.5 cm³/mol. The minimum absolute atomic E-state index is 0.665. The monoisotopic (exact) mass is 154 g/mol. The van der Waals surface area contributed by atoms with Crippen LogP contribution in [-0.2, 0) is 0 Å². The van der Waals surface area contributed by atoms with Crippen molar-refractivity contribution in [3.05, 3.63) is 11.9 Å². The highest BCUT2D eigenvalue weighted by Crippen LogP contribution is 2.12. The molecule has 0 fully saturated rings. The van der Waals surface area contributed by atoms with Gasteiger partial charge in [-0.05, 0) is 19.1 Å². The van der Waals surface area contributed by atoms with Crippen LogP contribution in [0, 0.1) is 5.92 Å². The SMILES string of the molecule is C=N/C=C(/N)CC(C)CCC. The highest BCUT2D eigenvalue weighted by atomic mass is 14.7. The van der Waals surface area contributed by atoms with Gasteiger partial charge in [-0.15, -0.1) is 0 Å². The fourth-order valence-corrected chi connectivity index (χ4v) is 1.17. The average molecular weight is 154 g/mol. The van der Waals surface area contributed by atoms with E-state index in [-0.39, 0.29) is 0 Å². The summed E-state index contributed by atoms with van der Waals surface area (Å²) < 4.78 is 0. The molecule has 0 saturated heterocycles. The minimum atomic E-state index is 0.665. The van der Waals surface area contributed by atoms with Crippen molar-refractivity contribution < 1.29 is 0 Å². The van der Waals surface area contributed by atoms with Crippen molar-refractivity contribution in [2.45, 2.75) is 33.1 Å². The third-order valence-corrected chi connectivity index (χ3v) is 1.62. The van der Waals surface area contributed by atoms with E-state index in [0.717, 1.165) is 12.1 Å². The summed E-state index contributed by atoms with van der Waals surface area (Å²) in [7, 11) is 0. The van der Waals surface area contributed by atoms with Gasteiger partial charge in [0, 0.05) is 11.9 Å². The molecule has 1 atom stereocenters. The van der Waals surface area contributed by atoms with Crippen LogP contribution in [0.3, 0.4) is 0 Å². The Morgan fingerprint density at radius 2 is 2.36 bits per heavy atom. The summed E-state index contributed by atoms with van der Waals surface area (Å²) in [6.45, 7) is 7.73. The van der Waals surface area contributed by atoms with Gasteiger partial charge in [0.2, 0.25) is 0 Å². The summed E-state index contributed by atoms with van der Waals surface area (Å²) in [5.41, 5.74) is 6.48. The lowest BCUT2D eigenvalue weighted by Gasteiger charge is -2.08. The molecule has 2 N–H and O–H groups in total. The van der Waals surface area contributed by atoms with Gasteiger partial charge in [-0.25, -0.2) is 0 Å². The maximum absolute atomic E-state index is 5.64. The van der Waals surface area contributed by atoms with Crippen LogP contribution in [-0.4, -0.2) is 6.72 Å². The number of hydrogen-bond donors (Lipinski definition) is 1. The Balaban J connectivity index is 3.64. The Hall–Kier alpha value is -0.790. The lowest BCUT2D eigenvalue weighted by atomic mass is 10.0. The van der Waals surface area contributed by atoms with Crippen LogP contribution in [0.15, 0.2) is 16.9 Å². The number of nitrogens with zero attached hydrogens (tertiary/aromatic N) is 1. The normalized spacial score (nSPS) is 14.5. The second-order valence-corrected chi connectivity index (χ2v) is 2.98. The summed E-state index contributed by atoms with van der Waals surface area (Å²) in [6, 6.07) is 0. The van der Waals surface area contributed by atoms with Crippen molar-refractivity contribution >= 4 is 6.72 Å². The molecule has 0 aliphatic rings. The van der Waals surface area contributed by atoms with Gasteiger partial charge in [0.1, 0.15) is 0 Å². The van der Waals surface area contributed by atoms with E-state index >= 15 is 0 Å². The largest absolute Gasteiger partial charge is 0.401 e. The summed E-state index contributed by atoms with van der Waals surface area (Å²) in [6.07, 6.45) is 5.01. The topological polar surface area (TPSA) is 38.4 Å². The van der Waals surface area contributed by atoms with Gasteiger partial charge in [-0.1, -0.05) is 26.7 Å². The summed E-state index contributed by atoms with van der Waals surface area (Å²) in [5, 5.41) is 0. The molecule has 2 heteroatoms. The summed E-state index contributed by atoms with van der Waals surface area (Å²) >= 11 is 0. The highest BCUT2D eigenvalue weighted by molar-refractivity contribution is 5.26. The van der Waals surface area contributed by atoms with E-state index in [2.05, 4.69) is 25.6 Å². The predicted octanol–water partition coefficient (Wildman–Crippen LogP) is 2.31. The molecule has 0 spiro atoms. The Morgan fingerprint density at radius 3 is 2.82 bits per heavy atom. The van der Waals surface area contributed by atoms with Crippen molar-refractivity contribution in [2.75, 3.05) is 0 Å². The maximum atomic E-state index is 5.64. The van der Waals surface area contributed by atoms with E-state index in [1.807, 2.05) is 0 Å². The molecule has 2 nitrogen and oxygen atoms in total. The van der Waals surface area contributed by atoms with Crippen molar-refractivity contribution in [3.63, 3.8) is 0 Å². The van der Waals surface area contributed by atoms with Crippen LogP contribution in [0.2, 0.25) is 0 Å². The first kappa shape index (κ1) is 10.2. The van der Waals surface area contributed by atoms with Gasteiger partial charge in [0.05, 0.1) is 0 Å². The average Bonchev–Trinajstić information content (AvgIpc) is 1.87. The first-order valence-electron chi connectivity index (χ1n) is 4.11. The Labute approximate surface area is 69.2 Å². The molecule has 11 heavy (non-hydrogen) atoms. The molecule has 0 heterocycles. The van der Waals surface area contributed by atoms with Gasteiger partial charge >= 0.3 is 0 Å². The number of nitrogens with two attached hydrogens (primary N) is 1. The lowest BCUT2D eigenvalue weighted by molar-refractivity contribution is 0.518. The fraction of sp³-hybridized carbons (Fsp3) is 0.667. The standard InChI is InChI=1S/C9H18N2/c1-4-5-8(2)6-9(10)7-11-3/h7-8H,3-6,10H2,1-2H3/b9-7+. The van der Waals surface area contributed by atoms with E-state index in [4.69, 9.17) is 5.73 Å². The van der Waals surface area contributed by atoms with Crippen molar-refractivity contribution in [3.8, 4) is 0 Å². The van der Waals surface area contributed by atoms with Gasteiger partial charge in [0.25, 0.3) is 0 Å². The molecule has 0 aromatic heterocycles. The maximum Gasteiger partial charge on any atom is 0.0448 e. The highest BCUT2D eigenvalue weighted by Gasteiger charge is 2.00. The molecule has 0 rings (SSSR count). The van der Waals surface area contributed by atoms with Gasteiger partial charge < -0.3 is 5.73 Å². The Bertz CT molecular complexity index is 138. The number of rotatable bonds is 5. The molecule has 0 aromatic carbocycles. The third-order valence-electron chi connectivity index (χ3n) is 1.62. The molecule has 0 aliphatic heterocycles. The van der Waals surface area contributed by atoms with Crippen molar-refractivity contribution in [2.24, 2.45) is 16.6 Å². The number of hydrogen-bond acceptors (Lipinski definition) is 2. The van der Waals surface area contributed by atoms with Crippen LogP contribution >= 0.6 is 0 Å². The fourth-order valence-electron chi connectivity index (χ4n) is 1.17. The van der Waals surface area contributed by atoms with Gasteiger partial charge in [-0.3, -0.25) is 4.99 Å². The summed E-state index contributed by atoms with van der Waals surface area (Å²) in [4.78, 5) is 3.61. The zero-order valence-corrected chi connectivity index (χ0v) is 7.51. The first-order valence-corrected chi connectivity index (χ1v) is 4.11. The van der Waals surface area contributed by atoms with Gasteiger partial charge in [0.15, 0.2) is 0 Å². The zero-order chi connectivity index (χ0) is 8.69. The molecule has 0 saturated carbocycles. The van der Waals surface area contributed by atoms with E-state index in [1.54, 1.807) is 6.20 Å². The minimum Gasteiger partial charge on any atom is -0.401 e. The number of aliphatic imine (C=N–C) groups is 1. The zero-order valence-electron chi connectivity index (χ0n) is 7.51. The van der Waals surface area contributed by atoms with Crippen LogP contribution < -0.4 is 5.73 Å². The molecule has 0 aromatic rings. The van der Waals surface area contributed by atoms with Crippen LogP contribution in [0.4, 0.5) is 0 Å². The van der Waals surface area contributed by atoms with E-state index in [9.17, 15) is 0 Å². The molecular formula is C9H18N2. The van der Waals surface area contributed by atoms with Crippen molar-refractivity contribution in [1.29, 1.82) is 0 Å². The second kappa shape index (κ2) is 5.96. The van der Waals surface area contributed by atoms with E-state index in [1.165, 1.54) is 12.8 Å². The molecular weight excluding hydrogens is 136 g/mol. The third kappa shape index (κ3) is 5.64. The quantitative estimate of drug-likeness (QED) is 0.606. The lowest BCUT2D eigenvalue weighted by Crippen LogP contribution is -2.03. The Kier molecular flexibility index (Phi) is 5.53. The van der Waals surface area contributed by atoms with Crippen LogP contribution in [0.25, 0.3) is 0 Å². The molecule has 0 amide bonds. The van der Waals surface area contributed by atoms with Crippen LogP contribution in [0.5, 0.6) is 0 Å². The van der Waals surface area contributed by atoms with E-state index < -0.39 is 0 Å². The van der Waals surface area contributed by atoms with Crippen molar-refractivity contribution in [1.82, 2.24) is 0 Å². The summed E-state index contributed by atoms with van der Waals surface area (Å²) in [5.74, 6) is 0.665. The molecule has 0 radical (unpaired) electrons. The first-order chi connectivity index (χ1) is 5.20. The Morgan fingerprint density at radius 1 is 1.73 bits per heavy atom.